The highest BCUT2D eigenvalue weighted by atomic mass is 16.3. The Balaban J connectivity index is 1.38. The Kier molecular flexibility index (Phi) is 6.30. The van der Waals surface area contributed by atoms with Gasteiger partial charge in [0.1, 0.15) is 0 Å². The van der Waals surface area contributed by atoms with Crippen molar-refractivity contribution in [3.05, 3.63) is 60.1 Å². The maximum absolute atomic E-state index is 13.2. The summed E-state index contributed by atoms with van der Waals surface area (Å²) in [5, 5.41) is 3.15. The fourth-order valence-electron chi connectivity index (χ4n) is 4.60. The zero-order chi connectivity index (χ0) is 20.1. The van der Waals surface area contributed by atoms with Gasteiger partial charge in [0, 0.05) is 32.7 Å². The summed E-state index contributed by atoms with van der Waals surface area (Å²) in [4.78, 5) is 29.8. The highest BCUT2D eigenvalue weighted by Gasteiger charge is 2.37. The molecule has 1 aliphatic carbocycles. The lowest BCUT2D eigenvalue weighted by Crippen LogP contribution is -2.57. The van der Waals surface area contributed by atoms with Crippen molar-refractivity contribution in [3.8, 4) is 0 Å². The predicted octanol–water partition coefficient (Wildman–Crippen LogP) is 2.91. The SMILES string of the molecule is O=C(NCc1ccccc1)[C@H](C1CCCC1)N1CCN(C(=O)c2ccco2)CC1. The Morgan fingerprint density at radius 1 is 1.00 bits per heavy atom. The molecule has 6 heteroatoms. The first kappa shape index (κ1) is 19.7. The lowest BCUT2D eigenvalue weighted by molar-refractivity contribution is -0.129. The average molecular weight is 396 g/mol. The number of hydrogen-bond donors (Lipinski definition) is 1. The summed E-state index contributed by atoms with van der Waals surface area (Å²) in [7, 11) is 0. The second-order valence-electron chi connectivity index (χ2n) is 8.00. The van der Waals surface area contributed by atoms with Crippen LogP contribution in [0.25, 0.3) is 0 Å². The summed E-state index contributed by atoms with van der Waals surface area (Å²) in [5.41, 5.74) is 1.11. The summed E-state index contributed by atoms with van der Waals surface area (Å²) in [6.45, 7) is 3.22. The first-order valence-corrected chi connectivity index (χ1v) is 10.6. The van der Waals surface area contributed by atoms with Crippen LogP contribution in [0.15, 0.2) is 53.1 Å². The van der Waals surface area contributed by atoms with Crippen molar-refractivity contribution >= 4 is 11.8 Å². The molecule has 1 aromatic carbocycles. The van der Waals surface area contributed by atoms with Crippen LogP contribution in [0.5, 0.6) is 0 Å². The van der Waals surface area contributed by atoms with Gasteiger partial charge >= 0.3 is 0 Å². The quantitative estimate of drug-likeness (QED) is 0.817. The Labute approximate surface area is 171 Å². The van der Waals surface area contributed by atoms with E-state index < -0.39 is 0 Å². The normalized spacial score (nSPS) is 19.2. The molecule has 2 amide bonds. The van der Waals surface area contributed by atoms with E-state index in [1.165, 1.54) is 19.1 Å². The third-order valence-electron chi connectivity index (χ3n) is 6.15. The highest BCUT2D eigenvalue weighted by Crippen LogP contribution is 2.31. The number of nitrogens with zero attached hydrogens (tertiary/aromatic N) is 2. The molecule has 2 fully saturated rings. The van der Waals surface area contributed by atoms with E-state index in [9.17, 15) is 9.59 Å². The summed E-state index contributed by atoms with van der Waals surface area (Å²) in [6, 6.07) is 13.4. The molecule has 29 heavy (non-hydrogen) atoms. The van der Waals surface area contributed by atoms with E-state index in [1.807, 2.05) is 35.2 Å². The summed E-state index contributed by atoms with van der Waals surface area (Å²) >= 11 is 0. The molecule has 6 nitrogen and oxygen atoms in total. The van der Waals surface area contributed by atoms with Gasteiger partial charge in [0.15, 0.2) is 5.76 Å². The number of piperazine rings is 1. The van der Waals surface area contributed by atoms with E-state index in [1.54, 1.807) is 12.1 Å². The highest BCUT2D eigenvalue weighted by molar-refractivity contribution is 5.91. The minimum Gasteiger partial charge on any atom is -0.459 e. The van der Waals surface area contributed by atoms with Gasteiger partial charge in [-0.2, -0.15) is 0 Å². The summed E-state index contributed by atoms with van der Waals surface area (Å²) < 4.78 is 5.25. The van der Waals surface area contributed by atoms with Crippen LogP contribution in [-0.4, -0.2) is 53.8 Å². The molecular weight excluding hydrogens is 366 g/mol. The molecule has 0 bridgehead atoms. The predicted molar refractivity (Wildman–Crippen MR) is 110 cm³/mol. The van der Waals surface area contributed by atoms with Gasteiger partial charge in [-0.25, -0.2) is 0 Å². The molecule has 1 atom stereocenters. The number of carbonyl (C=O) groups is 2. The van der Waals surface area contributed by atoms with Crippen molar-refractivity contribution in [2.45, 2.75) is 38.3 Å². The van der Waals surface area contributed by atoms with E-state index in [0.717, 1.165) is 18.4 Å². The molecule has 0 unspecified atom stereocenters. The van der Waals surface area contributed by atoms with Gasteiger partial charge in [0.05, 0.1) is 12.3 Å². The van der Waals surface area contributed by atoms with Crippen LogP contribution in [0, 0.1) is 5.92 Å². The van der Waals surface area contributed by atoms with Crippen molar-refractivity contribution in [1.29, 1.82) is 0 Å². The fourth-order valence-corrected chi connectivity index (χ4v) is 4.60. The molecular formula is C23H29N3O3. The maximum Gasteiger partial charge on any atom is 0.289 e. The zero-order valence-corrected chi connectivity index (χ0v) is 16.8. The lowest BCUT2D eigenvalue weighted by Gasteiger charge is -2.40. The van der Waals surface area contributed by atoms with Gasteiger partial charge in [-0.1, -0.05) is 43.2 Å². The van der Waals surface area contributed by atoms with Gasteiger partial charge in [0.2, 0.25) is 5.91 Å². The molecule has 154 valence electrons. The molecule has 2 aliphatic rings. The standard InChI is InChI=1S/C23H29N3O3/c27-22(24-17-18-7-2-1-3-8-18)21(19-9-4-5-10-19)25-12-14-26(15-13-25)23(28)20-11-6-16-29-20/h1-3,6-8,11,16,19,21H,4-5,9-10,12-15,17H2,(H,24,27)/t21-/m0/s1. The average Bonchev–Trinajstić information content (AvgIpc) is 3.48. The molecule has 1 saturated carbocycles. The lowest BCUT2D eigenvalue weighted by atomic mass is 9.95. The second-order valence-corrected chi connectivity index (χ2v) is 8.00. The molecule has 2 aromatic rings. The van der Waals surface area contributed by atoms with Crippen molar-refractivity contribution in [2.24, 2.45) is 5.92 Å². The zero-order valence-electron chi connectivity index (χ0n) is 16.8. The Bertz CT molecular complexity index is 792. The van der Waals surface area contributed by atoms with E-state index in [0.29, 0.717) is 44.4 Å². The van der Waals surface area contributed by atoms with Gasteiger partial charge in [-0.3, -0.25) is 14.5 Å². The topological polar surface area (TPSA) is 65.8 Å². The summed E-state index contributed by atoms with van der Waals surface area (Å²) in [6.07, 6.45) is 6.13. The number of amides is 2. The first-order valence-electron chi connectivity index (χ1n) is 10.6. The minimum absolute atomic E-state index is 0.0689. The van der Waals surface area contributed by atoms with Crippen LogP contribution in [0.3, 0.4) is 0 Å². The summed E-state index contributed by atoms with van der Waals surface area (Å²) in [5.74, 6) is 0.830. The van der Waals surface area contributed by atoms with Crippen LogP contribution in [0.4, 0.5) is 0 Å². The third kappa shape index (κ3) is 4.70. The number of furan rings is 1. The Morgan fingerprint density at radius 2 is 1.72 bits per heavy atom. The van der Waals surface area contributed by atoms with Crippen LogP contribution in [0.1, 0.15) is 41.8 Å². The molecule has 1 N–H and O–H groups in total. The number of carbonyl (C=O) groups excluding carboxylic acids is 2. The second kappa shape index (κ2) is 9.27. The largest absolute Gasteiger partial charge is 0.459 e. The Hall–Kier alpha value is -2.60. The van der Waals surface area contributed by atoms with E-state index >= 15 is 0 Å². The number of hydrogen-bond acceptors (Lipinski definition) is 4. The molecule has 0 spiro atoms. The molecule has 1 aliphatic heterocycles. The maximum atomic E-state index is 13.2. The van der Waals surface area contributed by atoms with Crippen LogP contribution >= 0.6 is 0 Å². The van der Waals surface area contributed by atoms with Crippen molar-refractivity contribution < 1.29 is 14.0 Å². The van der Waals surface area contributed by atoms with E-state index in [2.05, 4.69) is 10.2 Å². The molecule has 2 heterocycles. The molecule has 4 rings (SSSR count). The van der Waals surface area contributed by atoms with Gasteiger partial charge < -0.3 is 14.6 Å². The fraction of sp³-hybridized carbons (Fsp3) is 0.478. The van der Waals surface area contributed by atoms with E-state index in [4.69, 9.17) is 4.42 Å². The Morgan fingerprint density at radius 3 is 2.38 bits per heavy atom. The third-order valence-corrected chi connectivity index (χ3v) is 6.15. The molecule has 0 radical (unpaired) electrons. The number of benzene rings is 1. The van der Waals surface area contributed by atoms with Crippen molar-refractivity contribution in [2.75, 3.05) is 26.2 Å². The molecule has 1 saturated heterocycles. The van der Waals surface area contributed by atoms with E-state index in [-0.39, 0.29) is 17.9 Å². The monoisotopic (exact) mass is 395 g/mol. The van der Waals surface area contributed by atoms with Gasteiger partial charge in [-0.15, -0.1) is 0 Å². The molecule has 1 aromatic heterocycles. The van der Waals surface area contributed by atoms with Crippen molar-refractivity contribution in [3.63, 3.8) is 0 Å². The van der Waals surface area contributed by atoms with Crippen LogP contribution in [-0.2, 0) is 11.3 Å². The van der Waals surface area contributed by atoms with Gasteiger partial charge in [0.25, 0.3) is 5.91 Å². The first-order chi connectivity index (χ1) is 14.2. The van der Waals surface area contributed by atoms with Crippen LogP contribution in [0.2, 0.25) is 0 Å². The minimum atomic E-state index is -0.109. The van der Waals surface area contributed by atoms with Crippen LogP contribution < -0.4 is 5.32 Å². The number of rotatable bonds is 6. The van der Waals surface area contributed by atoms with Gasteiger partial charge in [-0.05, 0) is 36.5 Å². The van der Waals surface area contributed by atoms with Crippen molar-refractivity contribution in [1.82, 2.24) is 15.1 Å². The number of nitrogens with one attached hydrogen (secondary N) is 1. The smallest absolute Gasteiger partial charge is 0.289 e.